The van der Waals surface area contributed by atoms with E-state index in [1.165, 1.54) is 18.2 Å². The number of esters is 2. The van der Waals surface area contributed by atoms with Crippen LogP contribution in [0.15, 0.2) is 85.0 Å². The second-order valence-electron chi connectivity index (χ2n) is 12.1. The maximum Gasteiger partial charge on any atom is 0.333 e. The maximum atomic E-state index is 11.1. The number of hydrogen-bond donors (Lipinski definition) is 6. The van der Waals surface area contributed by atoms with E-state index in [1.807, 2.05) is 36.4 Å². The zero-order chi connectivity index (χ0) is 44.1. The quantitative estimate of drug-likeness (QED) is 0.0348. The molecule has 0 saturated carbocycles. The van der Waals surface area contributed by atoms with Gasteiger partial charge in [0, 0.05) is 73.0 Å². The Bertz CT molecular complexity index is 1010. The Balaban J connectivity index is -0.000000108. The van der Waals surface area contributed by atoms with Crippen molar-refractivity contribution in [1.29, 1.82) is 0 Å². The van der Waals surface area contributed by atoms with Crippen molar-refractivity contribution in [3.63, 3.8) is 0 Å². The molecule has 2 rings (SSSR count). The molecular weight excluding hydrogens is 760 g/mol. The number of ether oxygens (including phenoxy) is 2. The van der Waals surface area contributed by atoms with Crippen LogP contribution >= 0.6 is 0 Å². The van der Waals surface area contributed by atoms with Gasteiger partial charge in [-0.05, 0) is 89.2 Å². The molecule has 0 bridgehead atoms. The van der Waals surface area contributed by atoms with Gasteiger partial charge in [0.15, 0.2) is 0 Å². The fourth-order valence-electron chi connectivity index (χ4n) is 3.26. The minimum atomic E-state index is -0.347. The standard InChI is InChI=1S/C14H18O2.C10H14O.C5H8O2.4C4H10O.CH4O.Ti/c1-12(2)14(15)16-11-7-6-10-13-8-4-3-5-9-13;11-9-5-4-8-10-6-2-1-3-7-10;1-4(2)5(6)7-3;4*1-2-3-4-5;1-2;/h3-5,8-9H,1,6-7,10-11H2,2H3;1-3,6-7,11H,4-5,8-9H2;1H2,2-3H3;4*5H,2-4H2,1H3;2H,1H3;. The molecule has 332 valence electrons. The molecule has 11 heteroatoms. The fraction of sp³-hybridized carbons (Fsp3) is 0.609. The molecular formula is C46H84O10Ti. The average molecular weight is 845 g/mol. The summed E-state index contributed by atoms with van der Waals surface area (Å²) in [5, 5.41) is 47.8. The first-order valence-electron chi connectivity index (χ1n) is 20.1. The number of carbonyl (C=O) groups is 2. The van der Waals surface area contributed by atoms with Crippen molar-refractivity contribution in [3.8, 4) is 0 Å². The van der Waals surface area contributed by atoms with Gasteiger partial charge in [-0.15, -0.1) is 0 Å². The molecule has 0 atom stereocenters. The van der Waals surface area contributed by atoms with E-state index in [0.717, 1.165) is 97.0 Å². The van der Waals surface area contributed by atoms with Gasteiger partial charge in [0.2, 0.25) is 0 Å². The van der Waals surface area contributed by atoms with Gasteiger partial charge in [0.25, 0.3) is 0 Å². The Kier molecular flexibility index (Phi) is 78.9. The van der Waals surface area contributed by atoms with Gasteiger partial charge >= 0.3 is 11.9 Å². The molecule has 2 aromatic rings. The first-order chi connectivity index (χ1) is 27.0. The molecule has 0 unspecified atom stereocenters. The number of aryl methyl sites for hydroxylation is 2. The van der Waals surface area contributed by atoms with Crippen LogP contribution in [0.1, 0.15) is 130 Å². The van der Waals surface area contributed by atoms with E-state index in [9.17, 15) is 9.59 Å². The third-order valence-corrected chi connectivity index (χ3v) is 6.58. The van der Waals surface area contributed by atoms with Crippen LogP contribution in [0, 0.1) is 0 Å². The number of aliphatic hydroxyl groups excluding tert-OH is 6. The minimum absolute atomic E-state index is 0. The van der Waals surface area contributed by atoms with E-state index in [-0.39, 0.29) is 33.7 Å². The van der Waals surface area contributed by atoms with Gasteiger partial charge in [-0.3, -0.25) is 0 Å². The summed E-state index contributed by atoms with van der Waals surface area (Å²) >= 11 is 0. The molecule has 0 aliphatic rings. The maximum absolute atomic E-state index is 11.1. The summed E-state index contributed by atoms with van der Waals surface area (Å²) in [5.74, 6) is -0.639. The van der Waals surface area contributed by atoms with Gasteiger partial charge in [-0.2, -0.15) is 0 Å². The van der Waals surface area contributed by atoms with Crippen molar-refractivity contribution in [1.82, 2.24) is 0 Å². The molecule has 0 aliphatic heterocycles. The Morgan fingerprint density at radius 3 is 1.02 bits per heavy atom. The summed E-state index contributed by atoms with van der Waals surface area (Å²) in [5.41, 5.74) is 3.58. The van der Waals surface area contributed by atoms with E-state index in [2.05, 4.69) is 69.9 Å². The molecule has 2 aromatic carbocycles. The Hall–Kier alpha value is -2.67. The van der Waals surface area contributed by atoms with Crippen LogP contribution < -0.4 is 0 Å². The van der Waals surface area contributed by atoms with E-state index >= 15 is 0 Å². The van der Waals surface area contributed by atoms with Crippen LogP contribution in [0.25, 0.3) is 0 Å². The van der Waals surface area contributed by atoms with E-state index in [0.29, 0.717) is 50.8 Å². The predicted molar refractivity (Wildman–Crippen MR) is 235 cm³/mol. The third-order valence-electron chi connectivity index (χ3n) is 6.58. The van der Waals surface area contributed by atoms with Crippen LogP contribution in [0.4, 0.5) is 0 Å². The van der Waals surface area contributed by atoms with Gasteiger partial charge in [-0.25, -0.2) is 9.59 Å². The van der Waals surface area contributed by atoms with Crippen molar-refractivity contribution < 1.29 is 71.4 Å². The third kappa shape index (κ3) is 71.5. The summed E-state index contributed by atoms with van der Waals surface area (Å²) in [6.07, 6.45) is 14.2. The monoisotopic (exact) mass is 845 g/mol. The Labute approximate surface area is 363 Å². The molecule has 0 spiro atoms. The second-order valence-corrected chi connectivity index (χ2v) is 12.1. The Morgan fingerprint density at radius 2 is 0.807 bits per heavy atom. The molecule has 0 heterocycles. The van der Waals surface area contributed by atoms with Crippen molar-refractivity contribution in [2.75, 3.05) is 53.9 Å². The summed E-state index contributed by atoms with van der Waals surface area (Å²) in [4.78, 5) is 21.2. The van der Waals surface area contributed by atoms with Crippen molar-refractivity contribution in [2.45, 2.75) is 131 Å². The molecule has 0 aromatic heterocycles. The number of methoxy groups -OCH3 is 1. The molecule has 0 amide bonds. The first kappa shape index (κ1) is 69.0. The molecule has 10 nitrogen and oxygen atoms in total. The molecule has 57 heavy (non-hydrogen) atoms. The van der Waals surface area contributed by atoms with Crippen LogP contribution in [0.5, 0.6) is 0 Å². The van der Waals surface area contributed by atoms with Crippen LogP contribution in [-0.4, -0.2) is 96.4 Å². The van der Waals surface area contributed by atoms with Crippen LogP contribution in [0.2, 0.25) is 0 Å². The second kappa shape index (κ2) is 65.2. The summed E-state index contributed by atoms with van der Waals surface area (Å²) < 4.78 is 9.28. The predicted octanol–water partition coefficient (Wildman–Crippen LogP) is 8.59. The van der Waals surface area contributed by atoms with Gasteiger partial charge in [-0.1, -0.05) is 127 Å². The van der Waals surface area contributed by atoms with Crippen molar-refractivity contribution in [2.24, 2.45) is 0 Å². The minimum Gasteiger partial charge on any atom is -0.466 e. The average Bonchev–Trinajstić information content (AvgIpc) is 3.21. The van der Waals surface area contributed by atoms with Gasteiger partial charge in [0.05, 0.1) is 13.7 Å². The van der Waals surface area contributed by atoms with E-state index in [4.69, 9.17) is 35.4 Å². The number of benzene rings is 2. The van der Waals surface area contributed by atoms with E-state index in [1.54, 1.807) is 13.8 Å². The van der Waals surface area contributed by atoms with Crippen LogP contribution in [0.3, 0.4) is 0 Å². The van der Waals surface area contributed by atoms with Crippen LogP contribution in [-0.2, 0) is 53.6 Å². The molecule has 0 aliphatic carbocycles. The van der Waals surface area contributed by atoms with Crippen molar-refractivity contribution in [3.05, 3.63) is 96.1 Å². The zero-order valence-corrected chi connectivity index (χ0v) is 38.7. The first-order valence-corrected chi connectivity index (χ1v) is 20.1. The van der Waals surface area contributed by atoms with Gasteiger partial charge in [0.1, 0.15) is 0 Å². The summed E-state index contributed by atoms with van der Waals surface area (Å²) in [7, 11) is 2.33. The largest absolute Gasteiger partial charge is 0.466 e. The molecule has 0 saturated heterocycles. The smallest absolute Gasteiger partial charge is 0.333 e. The number of aliphatic hydroxyl groups is 6. The normalized spacial score (nSPS) is 8.67. The number of rotatable bonds is 19. The number of unbranched alkanes of at least 4 members (excludes halogenated alkanes) is 6. The van der Waals surface area contributed by atoms with Crippen molar-refractivity contribution >= 4 is 11.9 Å². The molecule has 6 N–H and O–H groups in total. The molecule has 0 fully saturated rings. The Morgan fingerprint density at radius 1 is 0.509 bits per heavy atom. The van der Waals surface area contributed by atoms with Gasteiger partial charge < -0.3 is 40.1 Å². The number of carbonyl (C=O) groups excluding carboxylic acids is 2. The topological polar surface area (TPSA) is 174 Å². The molecule has 0 radical (unpaired) electrons. The summed E-state index contributed by atoms with van der Waals surface area (Å²) in [6, 6.07) is 20.7. The summed E-state index contributed by atoms with van der Waals surface area (Å²) in [6.45, 7) is 20.5. The number of hydrogen-bond acceptors (Lipinski definition) is 10. The fourth-order valence-corrected chi connectivity index (χ4v) is 3.26. The zero-order valence-electron chi connectivity index (χ0n) is 37.1. The van der Waals surface area contributed by atoms with E-state index < -0.39 is 0 Å². The SMILES string of the molecule is C=C(C)C(=O)OC.C=C(C)C(=O)OCCCCc1ccccc1.CCCCO.CCCCO.CCCCO.CCCCO.CO.OCCCCc1ccccc1.[Ti].